The zero-order chi connectivity index (χ0) is 22.4. The van der Waals surface area contributed by atoms with E-state index in [4.69, 9.17) is 10.7 Å². The number of rotatable bonds is 4. The van der Waals surface area contributed by atoms with Crippen LogP contribution in [0.3, 0.4) is 0 Å². The molecule has 1 atom stereocenters. The van der Waals surface area contributed by atoms with Crippen molar-refractivity contribution >= 4 is 0 Å². The molecule has 0 saturated heterocycles. The molecule has 1 saturated carbocycles. The number of H-pyrrole nitrogens is 2. The predicted octanol–water partition coefficient (Wildman–Crippen LogP) is 6.30. The van der Waals surface area contributed by atoms with E-state index < -0.39 is 0 Å². The van der Waals surface area contributed by atoms with Crippen molar-refractivity contribution in [1.29, 1.82) is 0 Å². The molecule has 4 N–H and O–H groups in total. The normalized spacial score (nSPS) is 16.9. The molecule has 1 fully saturated rings. The van der Waals surface area contributed by atoms with Crippen LogP contribution in [0.5, 0.6) is 0 Å². The molecule has 168 valence electrons. The summed E-state index contributed by atoms with van der Waals surface area (Å²) in [6, 6.07) is 15.6. The molecule has 2 heterocycles. The monoisotopic (exact) mass is 437 g/mol. The highest BCUT2D eigenvalue weighted by atomic mass is 15.0. The lowest BCUT2D eigenvalue weighted by Crippen LogP contribution is -2.07. The Morgan fingerprint density at radius 1 is 0.909 bits per heavy atom. The lowest BCUT2D eigenvalue weighted by atomic mass is 9.95. The number of hydrogen-bond donors (Lipinski definition) is 3. The van der Waals surface area contributed by atoms with Gasteiger partial charge in [-0.2, -0.15) is 0 Å². The van der Waals surface area contributed by atoms with Gasteiger partial charge >= 0.3 is 0 Å². The van der Waals surface area contributed by atoms with E-state index in [-0.39, 0.29) is 6.04 Å². The quantitative estimate of drug-likeness (QED) is 0.350. The zero-order valence-electron chi connectivity index (χ0n) is 19.2. The highest BCUT2D eigenvalue weighted by molar-refractivity contribution is 5.75. The van der Waals surface area contributed by atoms with Gasteiger partial charge in [0.2, 0.25) is 0 Å². The maximum Gasteiger partial charge on any atom is 0.123 e. The molecule has 4 aromatic rings. The summed E-state index contributed by atoms with van der Waals surface area (Å²) >= 11 is 0. The number of benzene rings is 2. The highest BCUT2D eigenvalue weighted by Gasteiger charge is 2.21. The molecular formula is C28H31N5. The summed E-state index contributed by atoms with van der Waals surface area (Å²) in [5.41, 5.74) is 15.8. The Bertz CT molecular complexity index is 1270. The second kappa shape index (κ2) is 8.31. The number of fused-ring (bicyclic) bond motifs is 3. The second-order valence-electron chi connectivity index (χ2n) is 9.70. The van der Waals surface area contributed by atoms with Crippen molar-refractivity contribution in [1.82, 2.24) is 19.9 Å². The van der Waals surface area contributed by atoms with Gasteiger partial charge in [0.25, 0.3) is 0 Å². The van der Waals surface area contributed by atoms with Gasteiger partial charge in [-0.25, -0.2) is 9.97 Å². The summed E-state index contributed by atoms with van der Waals surface area (Å²) in [4.78, 5) is 16.5. The summed E-state index contributed by atoms with van der Waals surface area (Å²) in [6.45, 7) is 1.98. The van der Waals surface area contributed by atoms with Crippen LogP contribution in [-0.2, 0) is 12.8 Å². The van der Waals surface area contributed by atoms with Crippen LogP contribution in [0.4, 0.5) is 0 Å². The van der Waals surface area contributed by atoms with Crippen LogP contribution in [0.1, 0.15) is 73.9 Å². The average molecular weight is 438 g/mol. The Morgan fingerprint density at radius 3 is 2.45 bits per heavy atom. The number of imidazole rings is 2. The molecule has 2 aromatic heterocycles. The van der Waals surface area contributed by atoms with Gasteiger partial charge in [-0.05, 0) is 61.3 Å². The van der Waals surface area contributed by atoms with Crippen molar-refractivity contribution in [2.24, 2.45) is 5.73 Å². The largest absolute Gasteiger partial charge is 0.344 e. The number of aryl methyl sites for hydroxylation is 2. The Balaban J connectivity index is 1.27. The fraction of sp³-hybridized carbons (Fsp3) is 0.357. The zero-order valence-corrected chi connectivity index (χ0v) is 19.2. The lowest BCUT2D eigenvalue weighted by Gasteiger charge is -2.10. The molecule has 0 bridgehead atoms. The third-order valence-corrected chi connectivity index (χ3v) is 7.33. The minimum Gasteiger partial charge on any atom is -0.344 e. The van der Waals surface area contributed by atoms with Gasteiger partial charge in [-0.15, -0.1) is 0 Å². The second-order valence-corrected chi connectivity index (χ2v) is 9.70. The van der Waals surface area contributed by atoms with E-state index in [1.807, 2.05) is 13.1 Å². The van der Waals surface area contributed by atoms with Crippen molar-refractivity contribution < 1.29 is 0 Å². The van der Waals surface area contributed by atoms with Crippen LogP contribution >= 0.6 is 0 Å². The lowest BCUT2D eigenvalue weighted by molar-refractivity contribution is 0.679. The number of nitrogens with one attached hydrogen (secondary N) is 2. The minimum absolute atomic E-state index is 0.0812. The van der Waals surface area contributed by atoms with Crippen molar-refractivity contribution in [3.05, 3.63) is 71.6 Å². The molecule has 0 radical (unpaired) electrons. The first-order valence-corrected chi connectivity index (χ1v) is 12.3. The molecule has 0 unspecified atom stereocenters. The standard InChI is InChI=1S/C28H31N5/c1-17(29)27-31-24-8-4-7-22-15-21(13-14-23(22)26(24)33-27)18-9-11-19(12-10-18)25-16-30-28(32-25)20-5-2-3-6-20/h9-17,20H,2-8,29H2,1H3,(H,30,32)(H,31,33)/t17-/m0/s1. The van der Waals surface area contributed by atoms with Gasteiger partial charge < -0.3 is 15.7 Å². The smallest absolute Gasteiger partial charge is 0.123 e. The highest BCUT2D eigenvalue weighted by Crippen LogP contribution is 2.36. The van der Waals surface area contributed by atoms with Crippen molar-refractivity contribution in [3.63, 3.8) is 0 Å². The molecular weight excluding hydrogens is 406 g/mol. The molecule has 0 spiro atoms. The third-order valence-electron chi connectivity index (χ3n) is 7.33. The summed E-state index contributed by atoms with van der Waals surface area (Å²) in [7, 11) is 0. The van der Waals surface area contributed by atoms with E-state index in [2.05, 4.69) is 57.4 Å². The van der Waals surface area contributed by atoms with Crippen molar-refractivity contribution in [2.45, 2.75) is 63.8 Å². The van der Waals surface area contributed by atoms with E-state index in [0.717, 1.165) is 42.3 Å². The van der Waals surface area contributed by atoms with Crippen LogP contribution in [-0.4, -0.2) is 19.9 Å². The number of aromatic amines is 2. The minimum atomic E-state index is -0.0812. The van der Waals surface area contributed by atoms with Crippen LogP contribution in [0.2, 0.25) is 0 Å². The maximum absolute atomic E-state index is 6.07. The van der Waals surface area contributed by atoms with Gasteiger partial charge in [-0.1, -0.05) is 55.3 Å². The van der Waals surface area contributed by atoms with Crippen LogP contribution < -0.4 is 5.73 Å². The first-order chi connectivity index (χ1) is 16.2. The van der Waals surface area contributed by atoms with E-state index in [1.54, 1.807) is 0 Å². The van der Waals surface area contributed by atoms with Crippen molar-refractivity contribution in [2.75, 3.05) is 0 Å². The number of aromatic nitrogens is 4. The molecule has 2 aromatic carbocycles. The van der Waals surface area contributed by atoms with Gasteiger partial charge in [0.1, 0.15) is 11.6 Å². The number of hydrogen-bond acceptors (Lipinski definition) is 3. The molecule has 0 amide bonds. The summed E-state index contributed by atoms with van der Waals surface area (Å²) < 4.78 is 0. The van der Waals surface area contributed by atoms with Crippen LogP contribution in [0.15, 0.2) is 48.7 Å². The predicted molar refractivity (Wildman–Crippen MR) is 133 cm³/mol. The summed E-state index contributed by atoms with van der Waals surface area (Å²) in [5, 5.41) is 0. The average Bonchev–Trinajstić information content (AvgIpc) is 3.58. The molecule has 2 aliphatic carbocycles. The fourth-order valence-corrected chi connectivity index (χ4v) is 5.45. The molecule has 2 aliphatic rings. The molecule has 0 aliphatic heterocycles. The molecule has 6 rings (SSSR count). The van der Waals surface area contributed by atoms with Crippen molar-refractivity contribution in [3.8, 4) is 33.6 Å². The first kappa shape index (κ1) is 20.4. The van der Waals surface area contributed by atoms with Gasteiger partial charge in [0, 0.05) is 17.2 Å². The Morgan fingerprint density at radius 2 is 1.67 bits per heavy atom. The SMILES string of the molecule is C[C@H](N)c1nc2c([nH]1)CCCc1cc(-c3ccc(-c4cnc(C5CCCC5)[nH]4)cc3)ccc1-2. The summed E-state index contributed by atoms with van der Waals surface area (Å²) in [6.07, 6.45) is 10.4. The number of nitrogens with zero attached hydrogens (tertiary/aromatic N) is 2. The Labute approximate surface area is 194 Å². The van der Waals surface area contributed by atoms with E-state index in [0.29, 0.717) is 5.92 Å². The van der Waals surface area contributed by atoms with Gasteiger partial charge in [0.15, 0.2) is 0 Å². The first-order valence-electron chi connectivity index (χ1n) is 12.3. The molecule has 5 nitrogen and oxygen atoms in total. The summed E-state index contributed by atoms with van der Waals surface area (Å²) in [5.74, 6) is 2.64. The van der Waals surface area contributed by atoms with E-state index in [9.17, 15) is 0 Å². The molecule has 33 heavy (non-hydrogen) atoms. The van der Waals surface area contributed by atoms with Crippen LogP contribution in [0, 0.1) is 0 Å². The van der Waals surface area contributed by atoms with Crippen LogP contribution in [0.25, 0.3) is 33.6 Å². The third kappa shape index (κ3) is 3.80. The topological polar surface area (TPSA) is 83.4 Å². The fourth-order valence-electron chi connectivity index (χ4n) is 5.45. The van der Waals surface area contributed by atoms with E-state index in [1.165, 1.54) is 59.2 Å². The Hall–Kier alpha value is -3.18. The molecule has 5 heteroatoms. The maximum atomic E-state index is 6.07. The number of nitrogens with two attached hydrogens (primary N) is 1. The van der Waals surface area contributed by atoms with E-state index >= 15 is 0 Å². The van der Waals surface area contributed by atoms with Gasteiger partial charge in [-0.3, -0.25) is 0 Å². The Kier molecular flexibility index (Phi) is 5.14. The van der Waals surface area contributed by atoms with Gasteiger partial charge in [0.05, 0.1) is 23.6 Å².